The Morgan fingerprint density at radius 1 is 1.03 bits per heavy atom. The van der Waals surface area contributed by atoms with Crippen molar-refractivity contribution in [3.63, 3.8) is 0 Å². The van der Waals surface area contributed by atoms with Crippen molar-refractivity contribution in [3.8, 4) is 11.1 Å². The van der Waals surface area contributed by atoms with Gasteiger partial charge in [0, 0.05) is 26.2 Å². The van der Waals surface area contributed by atoms with Gasteiger partial charge in [-0.25, -0.2) is 8.42 Å². The molecule has 1 amide bonds. The first-order valence-corrected chi connectivity index (χ1v) is 11.6. The highest BCUT2D eigenvalue weighted by Crippen LogP contribution is 2.40. The Hall–Kier alpha value is -2.55. The van der Waals surface area contributed by atoms with E-state index in [9.17, 15) is 18.0 Å². The van der Waals surface area contributed by atoms with Crippen LogP contribution < -0.4 is 5.32 Å². The van der Waals surface area contributed by atoms with Gasteiger partial charge in [-0.1, -0.05) is 26.0 Å². The lowest BCUT2D eigenvalue weighted by atomic mass is 9.87. The lowest BCUT2D eigenvalue weighted by Crippen LogP contribution is -2.30. The van der Waals surface area contributed by atoms with Gasteiger partial charge in [0.15, 0.2) is 0 Å². The summed E-state index contributed by atoms with van der Waals surface area (Å²) in [5.74, 6) is -1.12. The maximum atomic E-state index is 12.8. The number of carbonyl (C=O) groups is 2. The van der Waals surface area contributed by atoms with Gasteiger partial charge in [-0.05, 0) is 53.9 Å². The monoisotopic (exact) mass is 427 g/mol. The van der Waals surface area contributed by atoms with E-state index in [1.807, 2.05) is 20.9 Å². The molecule has 7 nitrogen and oxygen atoms in total. The molecular formula is C22H25N3O4S. The topological polar surface area (TPSA) is 86.8 Å². The Morgan fingerprint density at radius 2 is 1.70 bits per heavy atom. The molecule has 158 valence electrons. The minimum atomic E-state index is -3.53. The lowest BCUT2D eigenvalue weighted by Gasteiger charge is -2.29. The van der Waals surface area contributed by atoms with Crippen LogP contribution in [0.5, 0.6) is 0 Å². The highest BCUT2D eigenvalue weighted by molar-refractivity contribution is 7.89. The lowest BCUT2D eigenvalue weighted by molar-refractivity contribution is -0.112. The van der Waals surface area contributed by atoms with E-state index in [0.29, 0.717) is 30.9 Å². The van der Waals surface area contributed by atoms with E-state index >= 15 is 0 Å². The number of Topliss-reactive ketones (excluding diaryl/α,β-unsaturated/α-hetero) is 1. The van der Waals surface area contributed by atoms with E-state index in [0.717, 1.165) is 35.2 Å². The van der Waals surface area contributed by atoms with Crippen molar-refractivity contribution in [2.24, 2.45) is 0 Å². The van der Waals surface area contributed by atoms with Crippen LogP contribution in [0.4, 0.5) is 5.69 Å². The Bertz CT molecular complexity index is 1140. The van der Waals surface area contributed by atoms with E-state index in [1.165, 1.54) is 4.31 Å². The number of hydrogen-bond donors (Lipinski definition) is 1. The largest absolute Gasteiger partial charge is 0.318 e. The third-order valence-corrected chi connectivity index (χ3v) is 7.98. The van der Waals surface area contributed by atoms with E-state index in [2.05, 4.69) is 10.2 Å². The third kappa shape index (κ3) is 3.25. The molecule has 2 aromatic carbocycles. The maximum absolute atomic E-state index is 12.8. The van der Waals surface area contributed by atoms with Gasteiger partial charge >= 0.3 is 0 Å². The second-order valence-corrected chi connectivity index (χ2v) is 9.63. The fourth-order valence-corrected chi connectivity index (χ4v) is 5.74. The van der Waals surface area contributed by atoms with Crippen LogP contribution in [0.25, 0.3) is 11.1 Å². The molecule has 0 aromatic heterocycles. The predicted molar refractivity (Wildman–Crippen MR) is 115 cm³/mol. The van der Waals surface area contributed by atoms with Crippen LogP contribution in [-0.2, 0) is 27.8 Å². The number of carbonyl (C=O) groups excluding carboxylic acids is 2. The molecule has 0 unspecified atom stereocenters. The van der Waals surface area contributed by atoms with Crippen LogP contribution in [0.1, 0.15) is 35.3 Å². The zero-order valence-electron chi connectivity index (χ0n) is 17.4. The number of fused-ring (bicyclic) bond motifs is 3. The second-order valence-electron chi connectivity index (χ2n) is 7.69. The average Bonchev–Trinajstić information content (AvgIpc) is 3.02. The van der Waals surface area contributed by atoms with Gasteiger partial charge in [-0.2, -0.15) is 4.31 Å². The van der Waals surface area contributed by atoms with Gasteiger partial charge in [-0.15, -0.1) is 0 Å². The first kappa shape index (κ1) is 20.7. The maximum Gasteiger partial charge on any atom is 0.296 e. The number of likely N-dealkylation sites (N-methyl/N-ethyl adjacent to an activating group) is 1. The number of nitrogens with one attached hydrogen (secondary N) is 1. The van der Waals surface area contributed by atoms with Gasteiger partial charge < -0.3 is 10.2 Å². The molecule has 2 aliphatic rings. The van der Waals surface area contributed by atoms with E-state index < -0.39 is 21.7 Å². The van der Waals surface area contributed by atoms with Crippen molar-refractivity contribution >= 4 is 27.4 Å². The van der Waals surface area contributed by atoms with Crippen LogP contribution in [0.2, 0.25) is 0 Å². The molecule has 2 aromatic rings. The van der Waals surface area contributed by atoms with Crippen LogP contribution in [-0.4, -0.2) is 56.0 Å². The van der Waals surface area contributed by atoms with Crippen LogP contribution in [0.3, 0.4) is 0 Å². The molecule has 0 saturated carbocycles. The normalized spacial score (nSPS) is 16.5. The Balaban J connectivity index is 1.81. The zero-order chi connectivity index (χ0) is 21.6. The van der Waals surface area contributed by atoms with Crippen LogP contribution in [0, 0.1) is 0 Å². The van der Waals surface area contributed by atoms with Crippen molar-refractivity contribution in [2.75, 3.05) is 32.0 Å². The number of amides is 1. The number of nitrogens with zero attached hydrogens (tertiary/aromatic N) is 2. The summed E-state index contributed by atoms with van der Waals surface area (Å²) in [7, 11) is -1.53. The molecular weight excluding hydrogens is 402 g/mol. The molecule has 4 rings (SSSR count). The summed E-state index contributed by atoms with van der Waals surface area (Å²) in [6, 6.07) is 8.57. The third-order valence-electron chi connectivity index (χ3n) is 5.92. The van der Waals surface area contributed by atoms with Gasteiger partial charge in [0.1, 0.15) is 0 Å². The summed E-state index contributed by atoms with van der Waals surface area (Å²) in [5.41, 5.74) is 4.80. The Morgan fingerprint density at radius 3 is 2.33 bits per heavy atom. The van der Waals surface area contributed by atoms with Crippen molar-refractivity contribution in [1.29, 1.82) is 0 Å². The summed E-state index contributed by atoms with van der Waals surface area (Å²) in [5, 5.41) is 2.73. The first-order chi connectivity index (χ1) is 14.3. The zero-order valence-corrected chi connectivity index (χ0v) is 18.2. The molecule has 0 fully saturated rings. The predicted octanol–water partition coefficient (Wildman–Crippen LogP) is 2.51. The molecule has 1 N–H and O–H groups in total. The summed E-state index contributed by atoms with van der Waals surface area (Å²) >= 11 is 0. The van der Waals surface area contributed by atoms with Gasteiger partial charge in [0.25, 0.3) is 11.7 Å². The molecule has 0 radical (unpaired) electrons. The van der Waals surface area contributed by atoms with Crippen molar-refractivity contribution in [3.05, 3.63) is 47.0 Å². The fourth-order valence-electron chi connectivity index (χ4n) is 4.28. The molecule has 0 aliphatic carbocycles. The van der Waals surface area contributed by atoms with Gasteiger partial charge in [-0.3, -0.25) is 9.59 Å². The average molecular weight is 428 g/mol. The minimum absolute atomic E-state index is 0.248. The van der Waals surface area contributed by atoms with Gasteiger partial charge in [0.2, 0.25) is 10.0 Å². The van der Waals surface area contributed by atoms with Crippen LogP contribution >= 0.6 is 0 Å². The van der Waals surface area contributed by atoms with E-state index in [-0.39, 0.29) is 4.90 Å². The molecule has 0 atom stereocenters. The Kier molecular flexibility index (Phi) is 5.25. The summed E-state index contributed by atoms with van der Waals surface area (Å²) in [4.78, 5) is 26.7. The number of benzene rings is 2. The molecule has 0 bridgehead atoms. The second kappa shape index (κ2) is 7.61. The highest BCUT2D eigenvalue weighted by atomic mass is 32.2. The van der Waals surface area contributed by atoms with E-state index in [4.69, 9.17) is 0 Å². The summed E-state index contributed by atoms with van der Waals surface area (Å²) in [6.45, 7) is 5.97. The Labute approximate surface area is 176 Å². The summed E-state index contributed by atoms with van der Waals surface area (Å²) in [6.07, 6.45) is 0.790. The minimum Gasteiger partial charge on any atom is -0.318 e. The summed E-state index contributed by atoms with van der Waals surface area (Å²) < 4.78 is 27.0. The first-order valence-electron chi connectivity index (χ1n) is 10.1. The van der Waals surface area contributed by atoms with Crippen LogP contribution in [0.15, 0.2) is 35.2 Å². The molecule has 2 aliphatic heterocycles. The van der Waals surface area contributed by atoms with E-state index in [1.54, 1.807) is 30.3 Å². The van der Waals surface area contributed by atoms with Crippen molar-refractivity contribution < 1.29 is 18.0 Å². The smallest absolute Gasteiger partial charge is 0.296 e. The fraction of sp³-hybridized carbons (Fsp3) is 0.364. The highest BCUT2D eigenvalue weighted by Gasteiger charge is 2.34. The molecule has 30 heavy (non-hydrogen) atoms. The van der Waals surface area contributed by atoms with Crippen molar-refractivity contribution in [1.82, 2.24) is 9.21 Å². The molecule has 2 heterocycles. The van der Waals surface area contributed by atoms with Crippen molar-refractivity contribution in [2.45, 2.75) is 31.7 Å². The number of rotatable bonds is 5. The SMILES string of the molecule is CCN(CC)S(=O)(=O)c1ccc(-c2cc3c(c4c2CCN(C)C4)NC(=O)C3=O)cc1. The molecule has 0 saturated heterocycles. The molecule has 8 heteroatoms. The quantitative estimate of drug-likeness (QED) is 0.741. The number of hydrogen-bond acceptors (Lipinski definition) is 5. The molecule has 0 spiro atoms. The number of anilines is 1. The standard InChI is InChI=1S/C22H25N3O4S/c1-4-25(5-2)30(28,29)15-8-6-14(7-9-15)17-12-18-20(23-22(27)21(18)26)19-13-24(3)11-10-16(17)19/h6-9,12H,4-5,10-11,13H2,1-3H3,(H,23,26,27). The number of sulfonamides is 1. The van der Waals surface area contributed by atoms with Gasteiger partial charge in [0.05, 0.1) is 16.1 Å². The number of ketones is 1.